The van der Waals surface area contributed by atoms with Gasteiger partial charge < -0.3 is 10.6 Å². The summed E-state index contributed by atoms with van der Waals surface area (Å²) in [6, 6.07) is 11.6. The van der Waals surface area contributed by atoms with Crippen LogP contribution in [0, 0.1) is 5.92 Å². The van der Waals surface area contributed by atoms with E-state index >= 15 is 0 Å². The molecule has 1 fully saturated rings. The molecule has 1 aliphatic carbocycles. The molecule has 1 aromatic heterocycles. The van der Waals surface area contributed by atoms with Crippen LogP contribution in [0.25, 0.3) is 0 Å². The van der Waals surface area contributed by atoms with Gasteiger partial charge in [0.15, 0.2) is 0 Å². The molecular formula is C15H14BrN3O. The number of hydrogen-bond donors (Lipinski definition) is 2. The standard InChI is InChI=1S/C15H14BrN3O/c16-11-3-5-12(6-4-11)18-13-7-8-14(17-9-13)19-15(20)10-1-2-10/h3-10,18H,1-2H2,(H,17,19,20). The highest BCUT2D eigenvalue weighted by Gasteiger charge is 2.29. The van der Waals surface area contributed by atoms with Crippen molar-refractivity contribution in [2.75, 3.05) is 10.6 Å². The Labute approximate surface area is 125 Å². The third-order valence-corrected chi connectivity index (χ3v) is 3.62. The molecule has 5 heteroatoms. The van der Waals surface area contributed by atoms with E-state index < -0.39 is 0 Å². The molecule has 0 aliphatic heterocycles. The van der Waals surface area contributed by atoms with Crippen LogP contribution in [0.4, 0.5) is 17.2 Å². The molecular weight excluding hydrogens is 318 g/mol. The van der Waals surface area contributed by atoms with E-state index in [0.29, 0.717) is 5.82 Å². The summed E-state index contributed by atoms with van der Waals surface area (Å²) in [6.07, 6.45) is 3.70. The van der Waals surface area contributed by atoms with E-state index in [1.54, 1.807) is 6.20 Å². The van der Waals surface area contributed by atoms with E-state index in [-0.39, 0.29) is 11.8 Å². The molecule has 1 aliphatic rings. The van der Waals surface area contributed by atoms with Crippen molar-refractivity contribution >= 4 is 39.0 Å². The molecule has 1 heterocycles. The van der Waals surface area contributed by atoms with Crippen LogP contribution in [-0.2, 0) is 4.79 Å². The number of halogens is 1. The van der Waals surface area contributed by atoms with E-state index in [4.69, 9.17) is 0 Å². The summed E-state index contributed by atoms with van der Waals surface area (Å²) in [6.45, 7) is 0. The quantitative estimate of drug-likeness (QED) is 0.892. The van der Waals surface area contributed by atoms with E-state index in [1.165, 1.54) is 0 Å². The monoisotopic (exact) mass is 331 g/mol. The van der Waals surface area contributed by atoms with Crippen LogP contribution < -0.4 is 10.6 Å². The van der Waals surface area contributed by atoms with Crippen LogP contribution in [0.5, 0.6) is 0 Å². The lowest BCUT2D eigenvalue weighted by molar-refractivity contribution is -0.117. The SMILES string of the molecule is O=C(Nc1ccc(Nc2ccc(Br)cc2)cn1)C1CC1. The number of nitrogens with zero attached hydrogens (tertiary/aromatic N) is 1. The van der Waals surface area contributed by atoms with Gasteiger partial charge in [0.1, 0.15) is 5.82 Å². The highest BCUT2D eigenvalue weighted by atomic mass is 79.9. The van der Waals surface area contributed by atoms with Crippen molar-refractivity contribution in [3.63, 3.8) is 0 Å². The lowest BCUT2D eigenvalue weighted by Gasteiger charge is -2.07. The number of rotatable bonds is 4. The fourth-order valence-corrected chi connectivity index (χ4v) is 2.08. The highest BCUT2D eigenvalue weighted by Crippen LogP contribution is 2.30. The normalized spacial score (nSPS) is 13.8. The highest BCUT2D eigenvalue weighted by molar-refractivity contribution is 9.10. The first-order chi connectivity index (χ1) is 9.70. The minimum atomic E-state index is 0.0751. The fourth-order valence-electron chi connectivity index (χ4n) is 1.82. The summed E-state index contributed by atoms with van der Waals surface area (Å²) in [5.74, 6) is 0.867. The molecule has 0 unspecified atom stereocenters. The number of amides is 1. The van der Waals surface area contributed by atoms with Crippen LogP contribution in [0.15, 0.2) is 47.1 Å². The smallest absolute Gasteiger partial charge is 0.228 e. The topological polar surface area (TPSA) is 54.0 Å². The maximum Gasteiger partial charge on any atom is 0.228 e. The molecule has 20 heavy (non-hydrogen) atoms. The Morgan fingerprint density at radius 3 is 2.40 bits per heavy atom. The Balaban J connectivity index is 1.63. The van der Waals surface area contributed by atoms with Gasteiger partial charge in [0, 0.05) is 16.1 Å². The van der Waals surface area contributed by atoms with Crippen LogP contribution in [-0.4, -0.2) is 10.9 Å². The third kappa shape index (κ3) is 3.36. The number of nitrogens with one attached hydrogen (secondary N) is 2. The van der Waals surface area contributed by atoms with Crippen LogP contribution >= 0.6 is 15.9 Å². The van der Waals surface area contributed by atoms with Crippen molar-refractivity contribution in [3.05, 3.63) is 47.1 Å². The minimum Gasteiger partial charge on any atom is -0.354 e. The van der Waals surface area contributed by atoms with Gasteiger partial charge in [-0.15, -0.1) is 0 Å². The fraction of sp³-hybridized carbons (Fsp3) is 0.200. The number of carbonyl (C=O) groups excluding carboxylic acids is 1. The first-order valence-corrected chi connectivity index (χ1v) is 7.29. The van der Waals surface area contributed by atoms with E-state index in [0.717, 1.165) is 28.7 Å². The van der Waals surface area contributed by atoms with Crippen molar-refractivity contribution in [1.82, 2.24) is 4.98 Å². The lowest BCUT2D eigenvalue weighted by Crippen LogP contribution is -2.14. The summed E-state index contributed by atoms with van der Waals surface area (Å²) < 4.78 is 1.04. The molecule has 0 spiro atoms. The zero-order valence-electron chi connectivity index (χ0n) is 10.8. The molecule has 3 rings (SSSR count). The molecule has 4 nitrogen and oxygen atoms in total. The van der Waals surface area contributed by atoms with Gasteiger partial charge in [0.05, 0.1) is 11.9 Å². The number of anilines is 3. The van der Waals surface area contributed by atoms with E-state index in [1.807, 2.05) is 36.4 Å². The Morgan fingerprint density at radius 2 is 1.80 bits per heavy atom. The minimum absolute atomic E-state index is 0.0751. The van der Waals surface area contributed by atoms with Crippen molar-refractivity contribution < 1.29 is 4.79 Å². The van der Waals surface area contributed by atoms with Gasteiger partial charge in [0.2, 0.25) is 5.91 Å². The van der Waals surface area contributed by atoms with Gasteiger partial charge in [-0.2, -0.15) is 0 Å². The summed E-state index contributed by atoms with van der Waals surface area (Å²) in [5, 5.41) is 6.07. The van der Waals surface area contributed by atoms with Crippen molar-refractivity contribution in [2.24, 2.45) is 5.92 Å². The van der Waals surface area contributed by atoms with Gasteiger partial charge in [-0.1, -0.05) is 15.9 Å². The molecule has 1 aromatic carbocycles. The number of benzene rings is 1. The Kier molecular flexibility index (Phi) is 3.69. The van der Waals surface area contributed by atoms with E-state index in [2.05, 4.69) is 31.5 Å². The average molecular weight is 332 g/mol. The summed E-state index contributed by atoms with van der Waals surface area (Å²) in [5.41, 5.74) is 1.88. The van der Waals surface area contributed by atoms with Crippen molar-refractivity contribution in [2.45, 2.75) is 12.8 Å². The molecule has 0 radical (unpaired) electrons. The largest absolute Gasteiger partial charge is 0.354 e. The molecule has 102 valence electrons. The molecule has 0 bridgehead atoms. The Morgan fingerprint density at radius 1 is 1.10 bits per heavy atom. The number of aromatic nitrogens is 1. The van der Waals surface area contributed by atoms with Gasteiger partial charge in [0.25, 0.3) is 0 Å². The first-order valence-electron chi connectivity index (χ1n) is 6.50. The molecule has 0 atom stereocenters. The Hall–Kier alpha value is -1.88. The second kappa shape index (κ2) is 5.63. The van der Waals surface area contributed by atoms with Gasteiger partial charge in [-0.3, -0.25) is 4.79 Å². The zero-order valence-corrected chi connectivity index (χ0v) is 12.4. The summed E-state index contributed by atoms with van der Waals surface area (Å²) >= 11 is 3.40. The molecule has 1 saturated carbocycles. The summed E-state index contributed by atoms with van der Waals surface area (Å²) in [7, 11) is 0. The second-order valence-electron chi connectivity index (χ2n) is 4.83. The molecule has 2 aromatic rings. The van der Waals surface area contributed by atoms with Gasteiger partial charge >= 0.3 is 0 Å². The second-order valence-corrected chi connectivity index (χ2v) is 5.74. The lowest BCUT2D eigenvalue weighted by atomic mass is 10.3. The predicted molar refractivity (Wildman–Crippen MR) is 83.0 cm³/mol. The number of pyridine rings is 1. The zero-order chi connectivity index (χ0) is 13.9. The number of carbonyl (C=O) groups is 1. The van der Waals surface area contributed by atoms with Gasteiger partial charge in [-0.05, 0) is 49.2 Å². The summed E-state index contributed by atoms with van der Waals surface area (Å²) in [4.78, 5) is 15.9. The maximum atomic E-state index is 11.6. The number of hydrogen-bond acceptors (Lipinski definition) is 3. The Bertz CT molecular complexity index is 606. The van der Waals surface area contributed by atoms with Gasteiger partial charge in [-0.25, -0.2) is 4.98 Å². The van der Waals surface area contributed by atoms with Crippen LogP contribution in [0.3, 0.4) is 0 Å². The molecule has 0 saturated heterocycles. The third-order valence-electron chi connectivity index (χ3n) is 3.10. The van der Waals surface area contributed by atoms with Crippen LogP contribution in [0.2, 0.25) is 0 Å². The average Bonchev–Trinajstić information content (AvgIpc) is 3.28. The molecule has 2 N–H and O–H groups in total. The van der Waals surface area contributed by atoms with E-state index in [9.17, 15) is 4.79 Å². The molecule has 1 amide bonds. The van der Waals surface area contributed by atoms with Crippen molar-refractivity contribution in [1.29, 1.82) is 0 Å². The first kappa shape index (κ1) is 13.1. The van der Waals surface area contributed by atoms with Crippen molar-refractivity contribution in [3.8, 4) is 0 Å². The maximum absolute atomic E-state index is 11.6. The predicted octanol–water partition coefficient (Wildman–Crippen LogP) is 3.94. The van der Waals surface area contributed by atoms with Crippen LogP contribution in [0.1, 0.15) is 12.8 Å².